The van der Waals surface area contributed by atoms with E-state index in [2.05, 4.69) is 35.3 Å². The van der Waals surface area contributed by atoms with Crippen LogP contribution in [-0.2, 0) is 11.3 Å². The molecular formula is C13H20N2O3. The molecule has 1 unspecified atom stereocenters. The standard InChI is InChI=1S/C12H17NO.CH3NO2/c1-2-5-11(6-3-1)10-14-12-7-4-8-13-9-12;2-1(3)4/h1-3,5-6,12-13H,4,7-10H2;2H2,(H,3,4). The highest BCUT2D eigenvalue weighted by atomic mass is 16.5. The van der Waals surface area contributed by atoms with Gasteiger partial charge in [-0.25, -0.2) is 4.79 Å². The Morgan fingerprint density at radius 3 is 2.67 bits per heavy atom. The number of benzene rings is 1. The van der Waals surface area contributed by atoms with Gasteiger partial charge in [-0.3, -0.25) is 0 Å². The normalized spacial score (nSPS) is 18.6. The van der Waals surface area contributed by atoms with Gasteiger partial charge >= 0.3 is 6.09 Å². The van der Waals surface area contributed by atoms with Crippen molar-refractivity contribution in [3.63, 3.8) is 0 Å². The number of rotatable bonds is 3. The molecule has 5 nitrogen and oxygen atoms in total. The van der Waals surface area contributed by atoms with E-state index >= 15 is 0 Å². The first-order valence-electron chi connectivity index (χ1n) is 6.03. The summed E-state index contributed by atoms with van der Waals surface area (Å²) in [5.41, 5.74) is 5.29. The molecule has 0 bridgehead atoms. The van der Waals surface area contributed by atoms with Crippen LogP contribution in [0.5, 0.6) is 0 Å². The van der Waals surface area contributed by atoms with Gasteiger partial charge in [0.05, 0.1) is 12.7 Å². The minimum absolute atomic E-state index is 0.406. The maximum Gasteiger partial charge on any atom is 0.402 e. The van der Waals surface area contributed by atoms with E-state index in [0.717, 1.165) is 19.7 Å². The number of primary amides is 1. The topological polar surface area (TPSA) is 84.6 Å². The Bertz CT molecular complexity index is 333. The summed E-state index contributed by atoms with van der Waals surface area (Å²) in [7, 11) is 0. The molecule has 1 aromatic carbocycles. The van der Waals surface area contributed by atoms with Crippen molar-refractivity contribution in [1.29, 1.82) is 0 Å². The number of amides is 1. The van der Waals surface area contributed by atoms with E-state index in [1.165, 1.54) is 18.4 Å². The van der Waals surface area contributed by atoms with Crippen LogP contribution in [0.15, 0.2) is 30.3 Å². The highest BCUT2D eigenvalue weighted by Gasteiger charge is 2.12. The van der Waals surface area contributed by atoms with Gasteiger partial charge in [0, 0.05) is 6.54 Å². The van der Waals surface area contributed by atoms with E-state index in [-0.39, 0.29) is 0 Å². The third kappa shape index (κ3) is 6.88. The third-order valence-corrected chi connectivity index (χ3v) is 2.58. The lowest BCUT2D eigenvalue weighted by molar-refractivity contribution is 0.0253. The molecule has 100 valence electrons. The first kappa shape index (κ1) is 14.5. The van der Waals surface area contributed by atoms with Crippen molar-refractivity contribution in [2.45, 2.75) is 25.6 Å². The second-order valence-electron chi connectivity index (χ2n) is 4.10. The van der Waals surface area contributed by atoms with E-state index in [0.29, 0.717) is 6.10 Å². The lowest BCUT2D eigenvalue weighted by Crippen LogP contribution is -2.35. The van der Waals surface area contributed by atoms with E-state index in [1.54, 1.807) is 0 Å². The molecule has 0 aliphatic carbocycles. The summed E-state index contributed by atoms with van der Waals surface area (Å²) >= 11 is 0. The highest BCUT2D eigenvalue weighted by Crippen LogP contribution is 2.09. The molecule has 0 spiro atoms. The van der Waals surface area contributed by atoms with Crippen LogP contribution < -0.4 is 11.1 Å². The molecular weight excluding hydrogens is 232 g/mol. The van der Waals surface area contributed by atoms with Crippen molar-refractivity contribution in [2.24, 2.45) is 5.73 Å². The molecule has 5 heteroatoms. The van der Waals surface area contributed by atoms with Gasteiger partial charge < -0.3 is 20.9 Å². The van der Waals surface area contributed by atoms with Crippen LogP contribution in [0.4, 0.5) is 4.79 Å². The van der Waals surface area contributed by atoms with Crippen LogP contribution in [0, 0.1) is 0 Å². The molecule has 1 aliphatic rings. The van der Waals surface area contributed by atoms with Crippen molar-refractivity contribution in [1.82, 2.24) is 5.32 Å². The Morgan fingerprint density at radius 1 is 1.44 bits per heavy atom. The second-order valence-corrected chi connectivity index (χ2v) is 4.10. The molecule has 1 heterocycles. The minimum Gasteiger partial charge on any atom is -0.465 e. The number of ether oxygens (including phenoxy) is 1. The molecule has 1 fully saturated rings. The zero-order valence-electron chi connectivity index (χ0n) is 10.3. The maximum absolute atomic E-state index is 8.78. The fourth-order valence-corrected chi connectivity index (χ4v) is 1.75. The number of piperidine rings is 1. The summed E-state index contributed by atoms with van der Waals surface area (Å²) in [5.74, 6) is 0. The summed E-state index contributed by atoms with van der Waals surface area (Å²) in [4.78, 5) is 8.78. The Kier molecular flexibility index (Phi) is 6.83. The Hall–Kier alpha value is -1.59. The number of nitrogens with one attached hydrogen (secondary N) is 1. The Morgan fingerprint density at radius 2 is 2.11 bits per heavy atom. The molecule has 1 aliphatic heterocycles. The van der Waals surface area contributed by atoms with Gasteiger partial charge in [0.2, 0.25) is 0 Å². The summed E-state index contributed by atoms with van der Waals surface area (Å²) in [5, 5.41) is 10.5. The number of carboxylic acid groups (broad SMARTS) is 1. The van der Waals surface area contributed by atoms with E-state index in [1.807, 2.05) is 6.07 Å². The van der Waals surface area contributed by atoms with Crippen molar-refractivity contribution in [3.8, 4) is 0 Å². The molecule has 1 saturated heterocycles. The quantitative estimate of drug-likeness (QED) is 0.762. The van der Waals surface area contributed by atoms with E-state index in [4.69, 9.17) is 14.6 Å². The Balaban J connectivity index is 0.000000357. The molecule has 0 aromatic heterocycles. The highest BCUT2D eigenvalue weighted by molar-refractivity contribution is 5.61. The number of hydrogen-bond donors (Lipinski definition) is 3. The molecule has 1 aromatic rings. The van der Waals surface area contributed by atoms with Crippen LogP contribution in [0.1, 0.15) is 18.4 Å². The fourth-order valence-electron chi connectivity index (χ4n) is 1.75. The average Bonchev–Trinajstić information content (AvgIpc) is 2.38. The SMILES string of the molecule is NC(=O)O.c1ccc(COC2CCCNC2)cc1. The fraction of sp³-hybridized carbons (Fsp3) is 0.462. The maximum atomic E-state index is 8.78. The van der Waals surface area contributed by atoms with Crippen LogP contribution in [0.3, 0.4) is 0 Å². The molecule has 18 heavy (non-hydrogen) atoms. The van der Waals surface area contributed by atoms with Crippen molar-refractivity contribution < 1.29 is 14.6 Å². The number of nitrogens with two attached hydrogens (primary N) is 1. The molecule has 1 atom stereocenters. The van der Waals surface area contributed by atoms with E-state index in [9.17, 15) is 0 Å². The molecule has 0 radical (unpaired) electrons. The summed E-state index contributed by atoms with van der Waals surface area (Å²) in [6.07, 6.45) is 1.50. The third-order valence-electron chi connectivity index (χ3n) is 2.58. The zero-order chi connectivity index (χ0) is 13.2. The average molecular weight is 252 g/mol. The van der Waals surface area contributed by atoms with Gasteiger partial charge in [-0.05, 0) is 24.9 Å². The molecule has 0 saturated carbocycles. The summed E-state index contributed by atoms with van der Waals surface area (Å²) < 4.78 is 5.81. The van der Waals surface area contributed by atoms with Crippen molar-refractivity contribution in [3.05, 3.63) is 35.9 Å². The molecule has 4 N–H and O–H groups in total. The Labute approximate surface area is 107 Å². The first-order chi connectivity index (χ1) is 8.68. The van der Waals surface area contributed by atoms with Crippen LogP contribution in [-0.4, -0.2) is 30.4 Å². The molecule has 1 amide bonds. The number of hydrogen-bond acceptors (Lipinski definition) is 3. The lowest BCUT2D eigenvalue weighted by Gasteiger charge is -2.23. The van der Waals surface area contributed by atoms with Crippen molar-refractivity contribution >= 4 is 6.09 Å². The summed E-state index contributed by atoms with van der Waals surface area (Å²) in [6.45, 7) is 2.89. The monoisotopic (exact) mass is 252 g/mol. The van der Waals surface area contributed by atoms with Gasteiger partial charge in [0.15, 0.2) is 0 Å². The minimum atomic E-state index is -1.33. The summed E-state index contributed by atoms with van der Waals surface area (Å²) in [6, 6.07) is 10.4. The van der Waals surface area contributed by atoms with Gasteiger partial charge in [-0.15, -0.1) is 0 Å². The van der Waals surface area contributed by atoms with Crippen LogP contribution in [0.2, 0.25) is 0 Å². The predicted molar refractivity (Wildman–Crippen MR) is 69.3 cm³/mol. The van der Waals surface area contributed by atoms with Crippen molar-refractivity contribution in [2.75, 3.05) is 13.1 Å². The van der Waals surface area contributed by atoms with Gasteiger partial charge in [-0.1, -0.05) is 30.3 Å². The predicted octanol–water partition coefficient (Wildman–Crippen LogP) is 1.58. The van der Waals surface area contributed by atoms with Crippen LogP contribution >= 0.6 is 0 Å². The smallest absolute Gasteiger partial charge is 0.402 e. The molecule has 2 rings (SSSR count). The lowest BCUT2D eigenvalue weighted by atomic mass is 10.1. The zero-order valence-corrected chi connectivity index (χ0v) is 10.3. The van der Waals surface area contributed by atoms with Gasteiger partial charge in [0.1, 0.15) is 0 Å². The second kappa shape index (κ2) is 8.49. The van der Waals surface area contributed by atoms with Crippen LogP contribution in [0.25, 0.3) is 0 Å². The van der Waals surface area contributed by atoms with E-state index < -0.39 is 6.09 Å². The first-order valence-corrected chi connectivity index (χ1v) is 6.03. The number of carbonyl (C=O) groups is 1. The van der Waals surface area contributed by atoms with Gasteiger partial charge in [-0.2, -0.15) is 0 Å². The van der Waals surface area contributed by atoms with Gasteiger partial charge in [0.25, 0.3) is 0 Å². The largest absolute Gasteiger partial charge is 0.465 e.